The van der Waals surface area contributed by atoms with Crippen molar-refractivity contribution in [3.05, 3.63) is 51.1 Å². The number of aryl methyl sites for hydroxylation is 1. The highest BCUT2D eigenvalue weighted by molar-refractivity contribution is 14.1. The summed E-state index contributed by atoms with van der Waals surface area (Å²) in [5.74, 6) is -1.10. The number of benzene rings is 2. The maximum Gasteiger partial charge on any atom is 0.339 e. The molecule has 0 heterocycles. The summed E-state index contributed by atoms with van der Waals surface area (Å²) in [6, 6.07) is 8.79. The fourth-order valence-corrected chi connectivity index (χ4v) is 3.72. The van der Waals surface area contributed by atoms with Crippen LogP contribution in [0, 0.1) is 10.5 Å². The van der Waals surface area contributed by atoms with E-state index in [-0.39, 0.29) is 28.6 Å². The minimum absolute atomic E-state index is 0.00802. The number of hydrogen-bond acceptors (Lipinski definition) is 5. The summed E-state index contributed by atoms with van der Waals surface area (Å²) in [5, 5.41) is 9.11. The third-order valence-electron chi connectivity index (χ3n) is 3.06. The highest BCUT2D eigenvalue weighted by Gasteiger charge is 2.23. The molecule has 0 amide bonds. The maximum absolute atomic E-state index is 12.4. The van der Waals surface area contributed by atoms with E-state index in [0.29, 0.717) is 3.57 Å². The lowest BCUT2D eigenvalue weighted by Crippen LogP contribution is -2.12. The standard InChI is InChI=1S/C16H15IO6S/c1-3-22-14-9-11(16(18)19)8-13(17)15(14)23-24(20,21)12-6-4-10(2)5-7-12/h4-9H,3H2,1-2H3,(H,18,19). The first-order chi connectivity index (χ1) is 11.2. The normalized spacial score (nSPS) is 11.1. The first-order valence-corrected chi connectivity index (χ1v) is 9.44. The number of hydrogen-bond donors (Lipinski definition) is 1. The molecule has 2 aromatic rings. The van der Waals surface area contributed by atoms with E-state index in [2.05, 4.69) is 0 Å². The smallest absolute Gasteiger partial charge is 0.339 e. The van der Waals surface area contributed by atoms with Crippen molar-refractivity contribution in [1.82, 2.24) is 0 Å². The summed E-state index contributed by atoms with van der Waals surface area (Å²) in [4.78, 5) is 11.1. The summed E-state index contributed by atoms with van der Waals surface area (Å²) >= 11 is 1.82. The van der Waals surface area contributed by atoms with Gasteiger partial charge < -0.3 is 14.0 Å². The molecule has 0 aliphatic rings. The van der Waals surface area contributed by atoms with Crippen LogP contribution >= 0.6 is 22.6 Å². The van der Waals surface area contributed by atoms with E-state index in [0.717, 1.165) is 5.56 Å². The second-order valence-corrected chi connectivity index (χ2v) is 7.58. The second kappa shape index (κ2) is 7.39. The van der Waals surface area contributed by atoms with Crippen LogP contribution in [0.3, 0.4) is 0 Å². The molecule has 1 N–H and O–H groups in total. The van der Waals surface area contributed by atoms with Gasteiger partial charge in [-0.25, -0.2) is 4.79 Å². The molecule has 0 fully saturated rings. The van der Waals surface area contributed by atoms with Crippen LogP contribution in [0.25, 0.3) is 0 Å². The Morgan fingerprint density at radius 1 is 1.21 bits per heavy atom. The van der Waals surface area contributed by atoms with E-state index in [1.54, 1.807) is 19.1 Å². The average Bonchev–Trinajstić information content (AvgIpc) is 2.51. The molecule has 0 spiro atoms. The lowest BCUT2D eigenvalue weighted by molar-refractivity contribution is 0.0696. The molecule has 2 aromatic carbocycles. The van der Waals surface area contributed by atoms with Crippen molar-refractivity contribution in [2.75, 3.05) is 6.61 Å². The molecule has 0 aromatic heterocycles. The van der Waals surface area contributed by atoms with Crippen molar-refractivity contribution in [2.24, 2.45) is 0 Å². The predicted octanol–water partition coefficient (Wildman–Crippen LogP) is 3.46. The van der Waals surface area contributed by atoms with Gasteiger partial charge in [-0.15, -0.1) is 0 Å². The summed E-state index contributed by atoms with van der Waals surface area (Å²) < 4.78 is 35.8. The van der Waals surface area contributed by atoms with Crippen molar-refractivity contribution in [3.8, 4) is 11.5 Å². The third kappa shape index (κ3) is 4.18. The highest BCUT2D eigenvalue weighted by atomic mass is 127. The van der Waals surface area contributed by atoms with Gasteiger partial charge in [0.1, 0.15) is 4.90 Å². The topological polar surface area (TPSA) is 89.9 Å². The van der Waals surface area contributed by atoms with Gasteiger partial charge in [-0.05, 0) is 60.7 Å². The number of rotatable bonds is 6. The minimum atomic E-state index is -4.06. The van der Waals surface area contributed by atoms with Crippen LogP contribution < -0.4 is 8.92 Å². The Morgan fingerprint density at radius 2 is 1.83 bits per heavy atom. The SMILES string of the molecule is CCOc1cc(C(=O)O)cc(I)c1OS(=O)(=O)c1ccc(C)cc1. The molecule has 0 aliphatic carbocycles. The molecule has 0 aliphatic heterocycles. The van der Waals surface area contributed by atoms with Gasteiger partial charge >= 0.3 is 16.1 Å². The minimum Gasteiger partial charge on any atom is -0.490 e. The van der Waals surface area contributed by atoms with Crippen molar-refractivity contribution in [1.29, 1.82) is 0 Å². The molecule has 8 heteroatoms. The van der Waals surface area contributed by atoms with Crippen LogP contribution in [0.15, 0.2) is 41.3 Å². The third-order valence-corrected chi connectivity index (χ3v) is 5.10. The molecular formula is C16H15IO6S. The molecule has 0 atom stereocenters. The van der Waals surface area contributed by atoms with E-state index < -0.39 is 16.1 Å². The van der Waals surface area contributed by atoms with Crippen LogP contribution in [-0.2, 0) is 10.1 Å². The monoisotopic (exact) mass is 462 g/mol. The first-order valence-electron chi connectivity index (χ1n) is 6.95. The fraction of sp³-hybridized carbons (Fsp3) is 0.188. The molecule has 0 saturated heterocycles. The van der Waals surface area contributed by atoms with Crippen molar-refractivity contribution in [2.45, 2.75) is 18.7 Å². The lowest BCUT2D eigenvalue weighted by atomic mass is 10.2. The zero-order valence-corrected chi connectivity index (χ0v) is 15.9. The van der Waals surface area contributed by atoms with Gasteiger partial charge in [-0.3, -0.25) is 0 Å². The van der Waals surface area contributed by atoms with Crippen molar-refractivity contribution < 1.29 is 27.2 Å². The van der Waals surface area contributed by atoms with Crippen LogP contribution in [0.1, 0.15) is 22.8 Å². The maximum atomic E-state index is 12.4. The largest absolute Gasteiger partial charge is 0.490 e. The van der Waals surface area contributed by atoms with Gasteiger partial charge in [-0.2, -0.15) is 8.42 Å². The van der Waals surface area contributed by atoms with E-state index >= 15 is 0 Å². The Morgan fingerprint density at radius 3 is 2.38 bits per heavy atom. The number of carboxylic acids is 1. The summed E-state index contributed by atoms with van der Waals surface area (Å²) in [6.45, 7) is 3.79. The molecule has 0 bridgehead atoms. The molecule has 0 radical (unpaired) electrons. The molecule has 0 saturated carbocycles. The Labute approximate surface area is 153 Å². The van der Waals surface area contributed by atoms with E-state index in [1.165, 1.54) is 24.3 Å². The van der Waals surface area contributed by atoms with Crippen LogP contribution in [-0.4, -0.2) is 26.1 Å². The van der Waals surface area contributed by atoms with Gasteiger partial charge in [0.15, 0.2) is 11.5 Å². The zero-order chi connectivity index (χ0) is 17.9. The molecule has 2 rings (SSSR count). The quantitative estimate of drug-likeness (QED) is 0.523. The van der Waals surface area contributed by atoms with E-state index in [1.807, 2.05) is 29.5 Å². The lowest BCUT2D eigenvalue weighted by Gasteiger charge is -2.14. The van der Waals surface area contributed by atoms with Gasteiger partial charge in [0.05, 0.1) is 15.7 Å². The van der Waals surface area contributed by atoms with Gasteiger partial charge in [0, 0.05) is 0 Å². The molecule has 0 unspecified atom stereocenters. The zero-order valence-electron chi connectivity index (χ0n) is 12.9. The van der Waals surface area contributed by atoms with Crippen LogP contribution in [0.5, 0.6) is 11.5 Å². The van der Waals surface area contributed by atoms with Gasteiger partial charge in [0.25, 0.3) is 0 Å². The first kappa shape index (κ1) is 18.5. The summed E-state index contributed by atoms with van der Waals surface area (Å²) in [7, 11) is -4.06. The summed E-state index contributed by atoms with van der Waals surface area (Å²) in [5.41, 5.74) is 0.910. The van der Waals surface area contributed by atoms with Crippen molar-refractivity contribution >= 4 is 38.7 Å². The Hall–Kier alpha value is -1.81. The van der Waals surface area contributed by atoms with Crippen LogP contribution in [0.4, 0.5) is 0 Å². The van der Waals surface area contributed by atoms with E-state index in [4.69, 9.17) is 14.0 Å². The number of carbonyl (C=O) groups is 1. The second-order valence-electron chi connectivity index (χ2n) is 4.87. The Kier molecular flexibility index (Phi) is 5.70. The Balaban J connectivity index is 2.47. The van der Waals surface area contributed by atoms with E-state index in [9.17, 15) is 13.2 Å². The van der Waals surface area contributed by atoms with Crippen molar-refractivity contribution in [3.63, 3.8) is 0 Å². The average molecular weight is 462 g/mol. The number of aromatic carboxylic acids is 1. The van der Waals surface area contributed by atoms with Crippen LogP contribution in [0.2, 0.25) is 0 Å². The molecule has 24 heavy (non-hydrogen) atoms. The van der Waals surface area contributed by atoms with Gasteiger partial charge in [-0.1, -0.05) is 17.7 Å². The number of ether oxygens (including phenoxy) is 1. The fourth-order valence-electron chi connectivity index (χ4n) is 1.90. The predicted molar refractivity (Wildman–Crippen MR) is 96.3 cm³/mol. The molecule has 128 valence electrons. The Bertz CT molecular complexity index is 859. The number of carboxylic acid groups (broad SMARTS) is 1. The van der Waals surface area contributed by atoms with Gasteiger partial charge in [0.2, 0.25) is 0 Å². The molecule has 6 nitrogen and oxygen atoms in total. The summed E-state index contributed by atoms with van der Waals surface area (Å²) in [6.07, 6.45) is 0. The number of halogens is 1. The molecular weight excluding hydrogens is 447 g/mol. The highest BCUT2D eigenvalue weighted by Crippen LogP contribution is 2.36.